The highest BCUT2D eigenvalue weighted by Crippen LogP contribution is 2.32. The number of Topliss-reactive ketones (excluding diaryl/α,β-unsaturated/α-hetero) is 1. The van der Waals surface area contributed by atoms with E-state index in [4.69, 9.17) is 0 Å². The zero-order valence-corrected chi connectivity index (χ0v) is 9.51. The lowest BCUT2D eigenvalue weighted by Gasteiger charge is -2.04. The minimum Gasteiger partial charge on any atom is -0.295 e. The summed E-state index contributed by atoms with van der Waals surface area (Å²) in [6, 6.07) is 0. The van der Waals surface area contributed by atoms with Crippen LogP contribution in [0.3, 0.4) is 0 Å². The predicted molar refractivity (Wildman–Crippen MR) is 60.2 cm³/mol. The molecule has 1 heteroatoms. The van der Waals surface area contributed by atoms with E-state index >= 15 is 0 Å². The van der Waals surface area contributed by atoms with Crippen molar-refractivity contribution in [3.8, 4) is 0 Å². The Bertz CT molecular complexity index is 211. The molecule has 80 valence electrons. The fourth-order valence-electron chi connectivity index (χ4n) is 1.66. The Morgan fingerprint density at radius 1 is 1.29 bits per heavy atom. The second-order valence-electron chi connectivity index (χ2n) is 4.26. The van der Waals surface area contributed by atoms with Gasteiger partial charge in [-0.05, 0) is 37.2 Å². The van der Waals surface area contributed by atoms with Crippen molar-refractivity contribution in [2.45, 2.75) is 58.8 Å². The minimum atomic E-state index is 0.369. The normalized spacial score (nSPS) is 17.1. The number of hydrogen-bond donors (Lipinski definition) is 0. The van der Waals surface area contributed by atoms with Crippen molar-refractivity contribution in [1.82, 2.24) is 0 Å². The summed E-state index contributed by atoms with van der Waals surface area (Å²) in [4.78, 5) is 11.6. The molecule has 0 bridgehead atoms. The zero-order chi connectivity index (χ0) is 10.4. The van der Waals surface area contributed by atoms with E-state index in [0.29, 0.717) is 12.2 Å². The van der Waals surface area contributed by atoms with E-state index in [1.807, 2.05) is 6.92 Å². The molecular weight excluding hydrogens is 172 g/mol. The molecule has 0 aliphatic heterocycles. The average molecular weight is 194 g/mol. The van der Waals surface area contributed by atoms with Crippen LogP contribution in [0.25, 0.3) is 0 Å². The van der Waals surface area contributed by atoms with Gasteiger partial charge in [0.1, 0.15) is 0 Å². The molecule has 0 aromatic carbocycles. The van der Waals surface area contributed by atoms with Crippen LogP contribution in [0.4, 0.5) is 0 Å². The molecule has 1 rings (SSSR count). The quantitative estimate of drug-likeness (QED) is 0.444. The van der Waals surface area contributed by atoms with Crippen LogP contribution in [0, 0.1) is 5.92 Å². The molecule has 0 N–H and O–H groups in total. The lowest BCUT2D eigenvalue weighted by atomic mass is 10.0. The third kappa shape index (κ3) is 4.08. The molecule has 0 aromatic rings. The highest BCUT2D eigenvalue weighted by molar-refractivity contribution is 5.95. The molecule has 0 atom stereocenters. The van der Waals surface area contributed by atoms with Crippen molar-refractivity contribution < 1.29 is 4.79 Å². The number of allylic oxidation sites excluding steroid dienone is 2. The predicted octanol–water partition coefficient (Wildman–Crippen LogP) is 3.88. The van der Waals surface area contributed by atoms with Crippen molar-refractivity contribution >= 4 is 5.78 Å². The van der Waals surface area contributed by atoms with Crippen LogP contribution in [0.2, 0.25) is 0 Å². The van der Waals surface area contributed by atoms with Crippen LogP contribution in [0.15, 0.2) is 11.6 Å². The molecule has 1 saturated carbocycles. The number of ketones is 1. The standard InChI is InChI=1S/C13H22O/c1-3-5-6-7-12(13(14)4-2)10-11-8-9-11/h10-11H,3-9H2,1-2H3/b12-10+. The first kappa shape index (κ1) is 11.5. The SMILES string of the molecule is CCCCC/C(=C\C1CC1)C(=O)CC. The van der Waals surface area contributed by atoms with Crippen molar-refractivity contribution in [3.63, 3.8) is 0 Å². The lowest BCUT2D eigenvalue weighted by molar-refractivity contribution is -0.115. The van der Waals surface area contributed by atoms with Crippen LogP contribution in [-0.4, -0.2) is 5.78 Å². The fourth-order valence-corrected chi connectivity index (χ4v) is 1.66. The summed E-state index contributed by atoms with van der Waals surface area (Å²) >= 11 is 0. The number of carbonyl (C=O) groups excluding carboxylic acids is 1. The van der Waals surface area contributed by atoms with Gasteiger partial charge in [0.05, 0.1) is 0 Å². The molecule has 14 heavy (non-hydrogen) atoms. The Balaban J connectivity index is 2.39. The molecule has 0 aromatic heterocycles. The summed E-state index contributed by atoms with van der Waals surface area (Å²) < 4.78 is 0. The second-order valence-corrected chi connectivity index (χ2v) is 4.26. The Morgan fingerprint density at radius 2 is 2.00 bits per heavy atom. The zero-order valence-electron chi connectivity index (χ0n) is 9.51. The topological polar surface area (TPSA) is 17.1 Å². The molecule has 0 radical (unpaired) electrons. The molecule has 1 nitrogen and oxygen atoms in total. The van der Waals surface area contributed by atoms with Crippen molar-refractivity contribution in [2.75, 3.05) is 0 Å². The van der Waals surface area contributed by atoms with Crippen LogP contribution < -0.4 is 0 Å². The lowest BCUT2D eigenvalue weighted by Crippen LogP contribution is -2.01. The highest BCUT2D eigenvalue weighted by Gasteiger charge is 2.20. The highest BCUT2D eigenvalue weighted by atomic mass is 16.1. The maximum absolute atomic E-state index is 11.6. The van der Waals surface area contributed by atoms with Gasteiger partial charge in [0.25, 0.3) is 0 Å². The molecule has 1 aliphatic rings. The van der Waals surface area contributed by atoms with Crippen molar-refractivity contribution in [3.05, 3.63) is 11.6 Å². The monoisotopic (exact) mass is 194 g/mol. The van der Waals surface area contributed by atoms with Gasteiger partial charge in [-0.1, -0.05) is 32.8 Å². The van der Waals surface area contributed by atoms with Crippen LogP contribution in [0.5, 0.6) is 0 Å². The molecule has 0 heterocycles. The van der Waals surface area contributed by atoms with Gasteiger partial charge in [-0.2, -0.15) is 0 Å². The van der Waals surface area contributed by atoms with E-state index in [0.717, 1.165) is 17.9 Å². The van der Waals surface area contributed by atoms with Crippen LogP contribution >= 0.6 is 0 Å². The van der Waals surface area contributed by atoms with Crippen molar-refractivity contribution in [1.29, 1.82) is 0 Å². The Kier molecular flexibility index (Phi) is 4.92. The van der Waals surface area contributed by atoms with Gasteiger partial charge in [-0.3, -0.25) is 4.79 Å². The first-order valence-corrected chi connectivity index (χ1v) is 6.01. The number of unbranched alkanes of at least 4 members (excludes halogenated alkanes) is 2. The first-order chi connectivity index (χ1) is 6.77. The number of rotatable bonds is 7. The van der Waals surface area contributed by atoms with Crippen molar-refractivity contribution in [2.24, 2.45) is 5.92 Å². The Morgan fingerprint density at radius 3 is 2.50 bits per heavy atom. The third-order valence-electron chi connectivity index (χ3n) is 2.79. The average Bonchev–Trinajstić information content (AvgIpc) is 2.99. The van der Waals surface area contributed by atoms with E-state index in [1.165, 1.54) is 32.1 Å². The third-order valence-corrected chi connectivity index (χ3v) is 2.79. The summed E-state index contributed by atoms with van der Waals surface area (Å²) in [7, 11) is 0. The van der Waals surface area contributed by atoms with Gasteiger partial charge < -0.3 is 0 Å². The second kappa shape index (κ2) is 6.00. The van der Waals surface area contributed by atoms with E-state index in [1.54, 1.807) is 0 Å². The van der Waals surface area contributed by atoms with E-state index < -0.39 is 0 Å². The fraction of sp³-hybridized carbons (Fsp3) is 0.769. The molecule has 0 unspecified atom stereocenters. The molecule has 0 amide bonds. The maximum Gasteiger partial charge on any atom is 0.158 e. The largest absolute Gasteiger partial charge is 0.295 e. The van der Waals surface area contributed by atoms with Gasteiger partial charge in [0.2, 0.25) is 0 Å². The Hall–Kier alpha value is -0.590. The van der Waals surface area contributed by atoms with Crippen LogP contribution in [-0.2, 0) is 4.79 Å². The number of hydrogen-bond acceptors (Lipinski definition) is 1. The molecule has 0 saturated heterocycles. The summed E-state index contributed by atoms with van der Waals surface area (Å²) in [5.41, 5.74) is 1.11. The summed E-state index contributed by atoms with van der Waals surface area (Å²) in [6.45, 7) is 4.16. The van der Waals surface area contributed by atoms with Crippen LogP contribution in [0.1, 0.15) is 58.8 Å². The summed E-state index contributed by atoms with van der Waals surface area (Å²) in [5, 5.41) is 0. The van der Waals surface area contributed by atoms with Gasteiger partial charge in [-0.15, -0.1) is 0 Å². The van der Waals surface area contributed by atoms with E-state index in [-0.39, 0.29) is 0 Å². The molecule has 1 aliphatic carbocycles. The number of carbonyl (C=O) groups is 1. The summed E-state index contributed by atoms with van der Waals surface area (Å²) in [5.74, 6) is 1.11. The maximum atomic E-state index is 11.6. The summed E-state index contributed by atoms with van der Waals surface area (Å²) in [6.07, 6.45) is 10.2. The Labute approximate surface area is 87.6 Å². The van der Waals surface area contributed by atoms with Gasteiger partial charge >= 0.3 is 0 Å². The smallest absolute Gasteiger partial charge is 0.158 e. The minimum absolute atomic E-state index is 0.369. The van der Waals surface area contributed by atoms with E-state index in [9.17, 15) is 4.79 Å². The molecular formula is C13H22O. The first-order valence-electron chi connectivity index (χ1n) is 6.01. The van der Waals surface area contributed by atoms with Gasteiger partial charge in [0, 0.05) is 6.42 Å². The van der Waals surface area contributed by atoms with Gasteiger partial charge in [-0.25, -0.2) is 0 Å². The van der Waals surface area contributed by atoms with E-state index in [2.05, 4.69) is 13.0 Å². The van der Waals surface area contributed by atoms with Gasteiger partial charge in [0.15, 0.2) is 5.78 Å². The molecule has 0 spiro atoms. The molecule has 1 fully saturated rings.